The molecule has 0 N–H and O–H groups in total. The van der Waals surface area contributed by atoms with Gasteiger partial charge in [-0.05, 0) is 52.0 Å². The van der Waals surface area contributed by atoms with E-state index in [1.165, 1.54) is 5.56 Å². The number of benzene rings is 2. The van der Waals surface area contributed by atoms with Gasteiger partial charge in [0.15, 0.2) is 11.5 Å². The largest absolute Gasteiger partial charge is 0.490 e. The number of aryl methyl sites for hydroxylation is 1. The molecule has 0 saturated carbocycles. The molecule has 0 aliphatic rings. The van der Waals surface area contributed by atoms with Gasteiger partial charge in [0.2, 0.25) is 17.5 Å². The van der Waals surface area contributed by atoms with Gasteiger partial charge in [-0.1, -0.05) is 35.0 Å². The van der Waals surface area contributed by atoms with E-state index in [1.807, 2.05) is 76.2 Å². The van der Waals surface area contributed by atoms with Crippen molar-refractivity contribution in [1.29, 1.82) is 0 Å². The molecule has 8 nitrogen and oxygen atoms in total. The van der Waals surface area contributed by atoms with Gasteiger partial charge in [0.05, 0.1) is 38.2 Å². The van der Waals surface area contributed by atoms with Crippen molar-refractivity contribution >= 4 is 0 Å². The van der Waals surface area contributed by atoms with Crippen LogP contribution in [0.15, 0.2) is 53.1 Å². The molecule has 8 heteroatoms. The van der Waals surface area contributed by atoms with Crippen molar-refractivity contribution in [2.75, 3.05) is 26.9 Å². The molecule has 2 heterocycles. The van der Waals surface area contributed by atoms with Crippen molar-refractivity contribution in [3.63, 3.8) is 0 Å². The van der Waals surface area contributed by atoms with Gasteiger partial charge in [0, 0.05) is 11.1 Å². The molecule has 2 aromatic carbocycles. The number of ether oxygens (including phenoxy) is 4. The molecule has 2 aromatic heterocycles. The predicted octanol–water partition coefficient (Wildman–Crippen LogP) is 5.98. The average molecular weight is 476 g/mol. The van der Waals surface area contributed by atoms with Crippen LogP contribution in [0, 0.1) is 6.92 Å². The van der Waals surface area contributed by atoms with E-state index in [2.05, 4.69) is 15.1 Å². The van der Waals surface area contributed by atoms with Crippen LogP contribution in [-0.4, -0.2) is 42.1 Å². The number of methoxy groups -OCH3 is 1. The molecule has 182 valence electrons. The second-order valence-corrected chi connectivity index (χ2v) is 7.64. The van der Waals surface area contributed by atoms with Crippen molar-refractivity contribution in [2.45, 2.75) is 27.7 Å². The van der Waals surface area contributed by atoms with Gasteiger partial charge in [-0.25, -0.2) is 4.98 Å². The Morgan fingerprint density at radius 2 is 1.43 bits per heavy atom. The van der Waals surface area contributed by atoms with Gasteiger partial charge < -0.3 is 23.5 Å². The fourth-order valence-electron chi connectivity index (χ4n) is 3.61. The molecule has 0 spiro atoms. The molecule has 0 aliphatic heterocycles. The lowest BCUT2D eigenvalue weighted by atomic mass is 10.1. The molecular weight excluding hydrogens is 446 g/mol. The number of hydrogen-bond acceptors (Lipinski definition) is 8. The zero-order valence-corrected chi connectivity index (χ0v) is 20.6. The van der Waals surface area contributed by atoms with Crippen LogP contribution < -0.4 is 18.9 Å². The van der Waals surface area contributed by atoms with Gasteiger partial charge in [0.1, 0.15) is 0 Å². The molecule has 0 aliphatic carbocycles. The van der Waals surface area contributed by atoms with E-state index in [0.29, 0.717) is 65.8 Å². The maximum absolute atomic E-state index is 5.80. The minimum atomic E-state index is 0.314. The first-order valence-corrected chi connectivity index (χ1v) is 11.6. The van der Waals surface area contributed by atoms with Crippen LogP contribution in [0.25, 0.3) is 34.1 Å². The first-order chi connectivity index (χ1) is 17.1. The normalized spacial score (nSPS) is 10.8. The zero-order chi connectivity index (χ0) is 24.8. The van der Waals surface area contributed by atoms with Crippen molar-refractivity contribution < 1.29 is 23.5 Å². The molecule has 0 atom stereocenters. The summed E-state index contributed by atoms with van der Waals surface area (Å²) in [6.45, 7) is 9.21. The van der Waals surface area contributed by atoms with Crippen LogP contribution >= 0.6 is 0 Å². The molecule has 0 radical (unpaired) electrons. The Bertz CT molecular complexity index is 1260. The molecule has 0 amide bonds. The van der Waals surface area contributed by atoms with Crippen LogP contribution in [0.1, 0.15) is 26.3 Å². The fraction of sp³-hybridized carbons (Fsp3) is 0.296. The van der Waals surface area contributed by atoms with E-state index in [0.717, 1.165) is 11.3 Å². The third-order valence-electron chi connectivity index (χ3n) is 5.22. The average Bonchev–Trinajstić information content (AvgIpc) is 3.36. The molecule has 0 unspecified atom stereocenters. The Hall–Kier alpha value is -4.07. The Morgan fingerprint density at radius 1 is 0.771 bits per heavy atom. The van der Waals surface area contributed by atoms with E-state index in [-0.39, 0.29) is 0 Å². The van der Waals surface area contributed by atoms with Gasteiger partial charge >= 0.3 is 0 Å². The summed E-state index contributed by atoms with van der Waals surface area (Å²) in [5.74, 6) is 2.75. The number of aromatic nitrogens is 3. The van der Waals surface area contributed by atoms with Crippen molar-refractivity contribution in [1.82, 2.24) is 15.1 Å². The van der Waals surface area contributed by atoms with E-state index in [9.17, 15) is 0 Å². The Kier molecular flexibility index (Phi) is 7.50. The Labute approximate surface area is 204 Å². The lowest BCUT2D eigenvalue weighted by molar-refractivity contribution is 0.261. The van der Waals surface area contributed by atoms with E-state index in [1.54, 1.807) is 7.11 Å². The fourth-order valence-corrected chi connectivity index (χ4v) is 3.61. The number of hydrogen-bond donors (Lipinski definition) is 0. The summed E-state index contributed by atoms with van der Waals surface area (Å²) in [6, 6.07) is 15.6. The highest BCUT2D eigenvalue weighted by molar-refractivity contribution is 5.70. The summed E-state index contributed by atoms with van der Waals surface area (Å²) in [6.07, 6.45) is 0. The minimum Gasteiger partial charge on any atom is -0.490 e. The summed E-state index contributed by atoms with van der Waals surface area (Å²) in [7, 11) is 1.57. The predicted molar refractivity (Wildman–Crippen MR) is 133 cm³/mol. The van der Waals surface area contributed by atoms with E-state index < -0.39 is 0 Å². The summed E-state index contributed by atoms with van der Waals surface area (Å²) in [4.78, 5) is 9.26. The third kappa shape index (κ3) is 5.21. The quantitative estimate of drug-likeness (QED) is 0.277. The first kappa shape index (κ1) is 24.1. The second kappa shape index (κ2) is 10.9. The Morgan fingerprint density at radius 3 is 2.03 bits per heavy atom. The smallest absolute Gasteiger partial charge is 0.258 e. The molecular formula is C27H29N3O5. The number of rotatable bonds is 10. The molecule has 0 saturated heterocycles. The van der Waals surface area contributed by atoms with Crippen molar-refractivity contribution in [3.8, 4) is 57.2 Å². The third-order valence-corrected chi connectivity index (χ3v) is 5.22. The van der Waals surface area contributed by atoms with Crippen LogP contribution in [0.3, 0.4) is 0 Å². The molecule has 4 aromatic rings. The van der Waals surface area contributed by atoms with Crippen molar-refractivity contribution in [2.24, 2.45) is 0 Å². The van der Waals surface area contributed by atoms with Crippen molar-refractivity contribution in [3.05, 3.63) is 54.1 Å². The van der Waals surface area contributed by atoms with Crippen LogP contribution in [0.2, 0.25) is 0 Å². The minimum absolute atomic E-state index is 0.314. The molecule has 0 fully saturated rings. The summed E-state index contributed by atoms with van der Waals surface area (Å²) >= 11 is 0. The number of nitrogens with zero attached hydrogens (tertiary/aromatic N) is 3. The monoisotopic (exact) mass is 475 g/mol. The van der Waals surface area contributed by atoms with Crippen LogP contribution in [0.4, 0.5) is 0 Å². The highest BCUT2D eigenvalue weighted by atomic mass is 16.5. The lowest BCUT2D eigenvalue weighted by Gasteiger charge is -2.16. The maximum Gasteiger partial charge on any atom is 0.258 e. The molecule has 4 rings (SSSR count). The van der Waals surface area contributed by atoms with Gasteiger partial charge in [0.25, 0.3) is 5.89 Å². The van der Waals surface area contributed by atoms with Crippen LogP contribution in [0.5, 0.6) is 23.1 Å². The van der Waals surface area contributed by atoms with Gasteiger partial charge in [-0.2, -0.15) is 4.98 Å². The summed E-state index contributed by atoms with van der Waals surface area (Å²) in [5, 5.41) is 4.18. The summed E-state index contributed by atoms with van der Waals surface area (Å²) in [5.41, 5.74) is 4.26. The molecule has 35 heavy (non-hydrogen) atoms. The first-order valence-electron chi connectivity index (χ1n) is 11.6. The summed E-state index contributed by atoms with van der Waals surface area (Å²) < 4.78 is 28.5. The topological polar surface area (TPSA) is 88.7 Å². The van der Waals surface area contributed by atoms with Gasteiger partial charge in [-0.3, -0.25) is 0 Å². The van der Waals surface area contributed by atoms with E-state index in [4.69, 9.17) is 23.5 Å². The van der Waals surface area contributed by atoms with Crippen LogP contribution in [-0.2, 0) is 0 Å². The maximum atomic E-state index is 5.80. The SMILES string of the molecule is CCOc1cc(-c2nc(-c3ccc(-c4ccc(C)cc4)nc3OC)no2)cc(OCC)c1OCC. The second-order valence-electron chi connectivity index (χ2n) is 7.64. The van der Waals surface area contributed by atoms with Gasteiger partial charge in [-0.15, -0.1) is 0 Å². The Balaban J connectivity index is 1.71. The number of pyridine rings is 1. The molecule has 0 bridgehead atoms. The van der Waals surface area contributed by atoms with E-state index >= 15 is 0 Å². The lowest BCUT2D eigenvalue weighted by Crippen LogP contribution is -2.03. The highest BCUT2D eigenvalue weighted by Gasteiger charge is 2.21. The standard InChI is InChI=1S/C27H29N3O5/c1-6-32-22-15-19(16-23(33-7-2)24(22)34-8-3)26-29-25(30-35-26)20-13-14-21(28-27(20)31-5)18-11-9-17(4)10-12-18/h9-16H,6-8H2,1-5H3. The zero-order valence-electron chi connectivity index (χ0n) is 20.6. The highest BCUT2D eigenvalue weighted by Crippen LogP contribution is 2.42.